The molecule has 8 heteroatoms. The Morgan fingerprint density at radius 3 is 2.44 bits per heavy atom. The van der Waals surface area contributed by atoms with Gasteiger partial charge >= 0.3 is 0 Å². The van der Waals surface area contributed by atoms with Crippen LogP contribution in [-0.2, 0) is 6.54 Å². The highest BCUT2D eigenvalue weighted by Crippen LogP contribution is 2.14. The maximum absolute atomic E-state index is 13.5. The second-order valence-electron chi connectivity index (χ2n) is 4.87. The van der Waals surface area contributed by atoms with Gasteiger partial charge in [-0.05, 0) is 18.2 Å². The quantitative estimate of drug-likeness (QED) is 0.298. The van der Waals surface area contributed by atoms with Crippen LogP contribution in [0, 0.1) is 17.5 Å². The summed E-state index contributed by atoms with van der Waals surface area (Å²) in [5.74, 6) is -1.44. The van der Waals surface area contributed by atoms with Crippen LogP contribution in [0.25, 0.3) is 0 Å². The zero-order valence-corrected chi connectivity index (χ0v) is 15.9. The average Bonchev–Trinajstić information content (AvgIpc) is 2.58. The molecule has 0 fully saturated rings. The Hall–Kier alpha value is -1.97. The molecule has 0 saturated carbocycles. The van der Waals surface area contributed by atoms with E-state index in [1.165, 1.54) is 12.1 Å². The third kappa shape index (κ3) is 6.81. The number of guanidine groups is 1. The SMILES string of the molecule is CN=C(NCCOc1ccc(F)c(F)c1)NCc1ccccc1F.I. The third-order valence-corrected chi connectivity index (χ3v) is 3.18. The minimum absolute atomic E-state index is 0. The second kappa shape index (κ2) is 10.8. The molecule has 0 bridgehead atoms. The van der Waals surface area contributed by atoms with Gasteiger partial charge in [-0.25, -0.2) is 13.2 Å². The van der Waals surface area contributed by atoms with E-state index < -0.39 is 11.6 Å². The van der Waals surface area contributed by atoms with Crippen molar-refractivity contribution >= 4 is 29.9 Å². The fourth-order valence-corrected chi connectivity index (χ4v) is 1.95. The summed E-state index contributed by atoms with van der Waals surface area (Å²) in [5, 5.41) is 5.95. The van der Waals surface area contributed by atoms with Crippen LogP contribution in [0.1, 0.15) is 5.56 Å². The predicted molar refractivity (Wildman–Crippen MR) is 102 cm³/mol. The lowest BCUT2D eigenvalue weighted by Gasteiger charge is -2.13. The largest absolute Gasteiger partial charge is 0.492 e. The number of halogens is 4. The van der Waals surface area contributed by atoms with Gasteiger partial charge in [0.2, 0.25) is 0 Å². The van der Waals surface area contributed by atoms with E-state index in [1.807, 2.05) is 0 Å². The van der Waals surface area contributed by atoms with Crippen LogP contribution < -0.4 is 15.4 Å². The average molecular weight is 465 g/mol. The van der Waals surface area contributed by atoms with Gasteiger partial charge < -0.3 is 15.4 Å². The molecule has 2 rings (SSSR count). The smallest absolute Gasteiger partial charge is 0.191 e. The minimum atomic E-state index is -0.956. The van der Waals surface area contributed by atoms with Crippen LogP contribution in [0.5, 0.6) is 5.75 Å². The molecule has 0 heterocycles. The van der Waals surface area contributed by atoms with E-state index in [2.05, 4.69) is 15.6 Å². The summed E-state index contributed by atoms with van der Waals surface area (Å²) >= 11 is 0. The Kier molecular flexibility index (Phi) is 9.11. The highest BCUT2D eigenvalue weighted by Gasteiger charge is 2.04. The topological polar surface area (TPSA) is 45.7 Å². The summed E-state index contributed by atoms with van der Waals surface area (Å²) in [6, 6.07) is 9.80. The first-order valence-electron chi connectivity index (χ1n) is 7.36. The van der Waals surface area contributed by atoms with Crippen molar-refractivity contribution in [2.45, 2.75) is 6.54 Å². The van der Waals surface area contributed by atoms with Crippen LogP contribution in [0.15, 0.2) is 47.5 Å². The summed E-state index contributed by atoms with van der Waals surface area (Å²) in [6.45, 7) is 0.901. The number of hydrogen-bond acceptors (Lipinski definition) is 2. The molecule has 0 aliphatic rings. The predicted octanol–water partition coefficient (Wildman–Crippen LogP) is 3.47. The molecule has 0 amide bonds. The van der Waals surface area contributed by atoms with Crippen molar-refractivity contribution in [2.24, 2.45) is 4.99 Å². The van der Waals surface area contributed by atoms with Crippen molar-refractivity contribution in [3.8, 4) is 5.75 Å². The van der Waals surface area contributed by atoms with Gasteiger partial charge in [0.05, 0.1) is 6.54 Å². The maximum atomic E-state index is 13.5. The Morgan fingerprint density at radius 2 is 1.76 bits per heavy atom. The number of rotatable bonds is 6. The fourth-order valence-electron chi connectivity index (χ4n) is 1.95. The van der Waals surface area contributed by atoms with E-state index in [0.29, 0.717) is 18.1 Å². The monoisotopic (exact) mass is 465 g/mol. The lowest BCUT2D eigenvalue weighted by Crippen LogP contribution is -2.39. The van der Waals surface area contributed by atoms with E-state index in [9.17, 15) is 13.2 Å². The second-order valence-corrected chi connectivity index (χ2v) is 4.87. The Morgan fingerprint density at radius 1 is 1.00 bits per heavy atom. The number of hydrogen-bond donors (Lipinski definition) is 2. The number of nitrogens with one attached hydrogen (secondary N) is 2. The molecular formula is C17H19F3IN3O. The van der Waals surface area contributed by atoms with Crippen LogP contribution >= 0.6 is 24.0 Å². The molecule has 0 unspecified atom stereocenters. The Labute approximate surface area is 161 Å². The molecule has 0 aliphatic carbocycles. The van der Waals surface area contributed by atoms with Crippen LogP contribution in [0.4, 0.5) is 13.2 Å². The summed E-state index contributed by atoms with van der Waals surface area (Å²) in [5.41, 5.74) is 0.526. The Bertz CT molecular complexity index is 713. The van der Waals surface area contributed by atoms with Gasteiger partial charge in [-0.2, -0.15) is 0 Å². The Balaban J connectivity index is 0.00000312. The lowest BCUT2D eigenvalue weighted by atomic mass is 10.2. The standard InChI is InChI=1S/C17H18F3N3O.HI/c1-21-17(23-11-12-4-2-3-5-14(12)18)22-8-9-24-13-6-7-15(19)16(20)10-13;/h2-7,10H,8-9,11H2,1H3,(H2,21,22,23);1H. The molecule has 0 aliphatic heterocycles. The third-order valence-electron chi connectivity index (χ3n) is 3.18. The summed E-state index contributed by atoms with van der Waals surface area (Å²) in [7, 11) is 1.59. The summed E-state index contributed by atoms with van der Waals surface area (Å²) in [6.07, 6.45) is 0. The van der Waals surface area contributed by atoms with Crippen molar-refractivity contribution in [2.75, 3.05) is 20.2 Å². The van der Waals surface area contributed by atoms with Gasteiger partial charge in [0.15, 0.2) is 17.6 Å². The summed E-state index contributed by atoms with van der Waals surface area (Å²) < 4.78 is 44.7. The van der Waals surface area contributed by atoms with Crippen molar-refractivity contribution in [1.29, 1.82) is 0 Å². The molecule has 25 heavy (non-hydrogen) atoms. The van der Waals surface area contributed by atoms with E-state index in [4.69, 9.17) is 4.74 Å². The normalized spacial score (nSPS) is 10.8. The molecule has 0 radical (unpaired) electrons. The number of nitrogens with zero attached hydrogens (tertiary/aromatic N) is 1. The first-order valence-corrected chi connectivity index (χ1v) is 7.36. The zero-order valence-electron chi connectivity index (χ0n) is 13.6. The first kappa shape index (κ1) is 21.1. The van der Waals surface area contributed by atoms with Gasteiger partial charge in [0.25, 0.3) is 0 Å². The van der Waals surface area contributed by atoms with Crippen LogP contribution in [0.2, 0.25) is 0 Å². The van der Waals surface area contributed by atoms with E-state index >= 15 is 0 Å². The van der Waals surface area contributed by atoms with Gasteiger partial charge in [-0.1, -0.05) is 18.2 Å². The molecule has 2 aromatic rings. The van der Waals surface area contributed by atoms with E-state index in [0.717, 1.165) is 12.1 Å². The number of aliphatic imine (C=N–C) groups is 1. The van der Waals surface area contributed by atoms with E-state index in [-0.39, 0.29) is 48.7 Å². The molecule has 0 atom stereocenters. The fraction of sp³-hybridized carbons (Fsp3) is 0.235. The lowest BCUT2D eigenvalue weighted by molar-refractivity contribution is 0.318. The van der Waals surface area contributed by atoms with Crippen molar-refractivity contribution < 1.29 is 17.9 Å². The van der Waals surface area contributed by atoms with Crippen molar-refractivity contribution in [1.82, 2.24) is 10.6 Å². The van der Waals surface area contributed by atoms with Gasteiger partial charge in [-0.3, -0.25) is 4.99 Å². The molecule has 2 N–H and O–H groups in total. The molecule has 4 nitrogen and oxygen atoms in total. The summed E-state index contributed by atoms with van der Waals surface area (Å²) in [4.78, 5) is 4.01. The van der Waals surface area contributed by atoms with Crippen LogP contribution in [0.3, 0.4) is 0 Å². The zero-order chi connectivity index (χ0) is 17.4. The number of benzene rings is 2. The first-order chi connectivity index (χ1) is 11.6. The number of ether oxygens (including phenoxy) is 1. The van der Waals surface area contributed by atoms with Crippen molar-refractivity contribution in [3.63, 3.8) is 0 Å². The van der Waals surface area contributed by atoms with Gasteiger partial charge in [0, 0.05) is 25.2 Å². The van der Waals surface area contributed by atoms with Gasteiger partial charge in [0.1, 0.15) is 18.2 Å². The minimum Gasteiger partial charge on any atom is -0.492 e. The van der Waals surface area contributed by atoms with E-state index in [1.54, 1.807) is 25.2 Å². The molecule has 136 valence electrons. The highest BCUT2D eigenvalue weighted by molar-refractivity contribution is 14.0. The highest BCUT2D eigenvalue weighted by atomic mass is 127. The molecule has 0 aromatic heterocycles. The molecular weight excluding hydrogens is 446 g/mol. The molecule has 0 saturated heterocycles. The maximum Gasteiger partial charge on any atom is 0.191 e. The van der Waals surface area contributed by atoms with Gasteiger partial charge in [-0.15, -0.1) is 24.0 Å². The van der Waals surface area contributed by atoms with Crippen molar-refractivity contribution in [3.05, 3.63) is 65.5 Å². The van der Waals surface area contributed by atoms with Crippen LogP contribution in [-0.4, -0.2) is 26.2 Å². The molecule has 0 spiro atoms. The molecule has 2 aromatic carbocycles.